The van der Waals surface area contributed by atoms with Crippen LogP contribution in [0.2, 0.25) is 5.02 Å². The van der Waals surface area contributed by atoms with Crippen molar-refractivity contribution in [1.82, 2.24) is 4.90 Å². The molecule has 0 bridgehead atoms. The zero-order chi connectivity index (χ0) is 25.2. The smallest absolute Gasteiger partial charge is 0.341 e. The van der Waals surface area contributed by atoms with E-state index in [1.165, 1.54) is 12.1 Å². The van der Waals surface area contributed by atoms with Crippen LogP contribution in [-0.2, 0) is 4.79 Å². The number of alkyl halides is 1. The molecule has 9 heteroatoms. The summed E-state index contributed by atoms with van der Waals surface area (Å²) in [5, 5.41) is 13.2. The van der Waals surface area contributed by atoms with E-state index in [4.69, 9.17) is 11.6 Å². The normalized spacial score (nSPS) is 15.4. The molecule has 178 valence electrons. The van der Waals surface area contributed by atoms with E-state index in [1.807, 2.05) is 12.1 Å². The first kappa shape index (κ1) is 24.2. The van der Waals surface area contributed by atoms with Gasteiger partial charge in [0.05, 0.1) is 11.1 Å². The number of imide groups is 1. The number of carbonyl (C=O) groups excluding carboxylic acids is 2. The molecule has 0 saturated heterocycles. The van der Waals surface area contributed by atoms with Crippen LogP contribution in [0.15, 0.2) is 78.0 Å². The Balaban J connectivity index is 1.49. The highest BCUT2D eigenvalue weighted by atomic mass is 35.5. The molecular weight excluding hydrogens is 475 g/mol. The number of carboxylic acid groups (broad SMARTS) is 1. The van der Waals surface area contributed by atoms with Gasteiger partial charge in [0.1, 0.15) is 6.04 Å². The van der Waals surface area contributed by atoms with E-state index in [-0.39, 0.29) is 11.1 Å². The number of carbonyl (C=O) groups is 3. The third-order valence-corrected chi connectivity index (χ3v) is 6.36. The monoisotopic (exact) mass is 494 g/mol. The third kappa shape index (κ3) is 4.83. The predicted molar refractivity (Wildman–Crippen MR) is 128 cm³/mol. The molecule has 0 aliphatic carbocycles. The van der Waals surface area contributed by atoms with Gasteiger partial charge in [0, 0.05) is 24.4 Å². The minimum Gasteiger partial charge on any atom is -0.479 e. The van der Waals surface area contributed by atoms with Gasteiger partial charge in [0.2, 0.25) is 5.67 Å². The fraction of sp³-hybridized carbons (Fsp3) is 0.192. The lowest BCUT2D eigenvalue weighted by atomic mass is 9.89. The van der Waals surface area contributed by atoms with Crippen molar-refractivity contribution in [2.45, 2.75) is 24.6 Å². The molecule has 2 unspecified atom stereocenters. The average molecular weight is 495 g/mol. The third-order valence-electron chi connectivity index (χ3n) is 6.11. The first-order valence-electron chi connectivity index (χ1n) is 10.8. The van der Waals surface area contributed by atoms with Crippen LogP contribution >= 0.6 is 11.6 Å². The van der Waals surface area contributed by atoms with E-state index >= 15 is 4.39 Å². The van der Waals surface area contributed by atoms with E-state index < -0.39 is 48.9 Å². The molecule has 0 radical (unpaired) electrons. The van der Waals surface area contributed by atoms with Crippen molar-refractivity contribution >= 4 is 29.4 Å². The maximum Gasteiger partial charge on any atom is 0.341 e. The van der Waals surface area contributed by atoms with Gasteiger partial charge >= 0.3 is 5.97 Å². The van der Waals surface area contributed by atoms with E-state index in [1.54, 1.807) is 48.5 Å². The largest absolute Gasteiger partial charge is 0.479 e. The van der Waals surface area contributed by atoms with Gasteiger partial charge in [0.15, 0.2) is 0 Å². The van der Waals surface area contributed by atoms with Crippen LogP contribution in [0.4, 0.5) is 4.39 Å². The summed E-state index contributed by atoms with van der Waals surface area (Å²) < 4.78 is 15.6. The van der Waals surface area contributed by atoms with Gasteiger partial charge in [-0.1, -0.05) is 65.3 Å². The number of aliphatic carboxylic acids is 1. The molecule has 1 aliphatic heterocycles. The Labute approximate surface area is 205 Å². The number of fused-ring (bicyclic) bond motifs is 1. The summed E-state index contributed by atoms with van der Waals surface area (Å²) in [6.45, 7) is -0.448. The average Bonchev–Trinajstić information content (AvgIpc) is 3.11. The summed E-state index contributed by atoms with van der Waals surface area (Å²) in [5.41, 5.74) is -0.464. The van der Waals surface area contributed by atoms with Gasteiger partial charge in [0.25, 0.3) is 11.8 Å². The molecule has 0 saturated carbocycles. The van der Waals surface area contributed by atoms with Crippen LogP contribution in [0.5, 0.6) is 0 Å². The second kappa shape index (κ2) is 9.76. The summed E-state index contributed by atoms with van der Waals surface area (Å²) in [7, 11) is 0. The van der Waals surface area contributed by atoms with Crippen molar-refractivity contribution in [1.29, 1.82) is 0 Å². The molecule has 3 aromatic carbocycles. The number of benzene rings is 3. The highest BCUT2D eigenvalue weighted by molar-refractivity contribution is 6.30. The summed E-state index contributed by atoms with van der Waals surface area (Å²) >= 11 is 5.91. The molecule has 4 rings (SSSR count). The number of nitroso groups, excluding NO2 is 1. The molecule has 7 nitrogen and oxygen atoms in total. The number of carboxylic acids is 1. The van der Waals surface area contributed by atoms with E-state index in [2.05, 4.69) is 5.18 Å². The van der Waals surface area contributed by atoms with Crippen molar-refractivity contribution in [3.05, 3.63) is 99.4 Å². The van der Waals surface area contributed by atoms with Crippen molar-refractivity contribution < 1.29 is 23.9 Å². The maximum absolute atomic E-state index is 15.6. The summed E-state index contributed by atoms with van der Waals surface area (Å²) in [4.78, 5) is 49.3. The molecule has 35 heavy (non-hydrogen) atoms. The van der Waals surface area contributed by atoms with E-state index in [0.717, 1.165) is 16.0 Å². The van der Waals surface area contributed by atoms with Crippen LogP contribution in [0.25, 0.3) is 11.1 Å². The summed E-state index contributed by atoms with van der Waals surface area (Å²) in [6.07, 6.45) is -1.42. The summed E-state index contributed by atoms with van der Waals surface area (Å²) in [6, 6.07) is 18.6. The Morgan fingerprint density at radius 1 is 0.943 bits per heavy atom. The van der Waals surface area contributed by atoms with Crippen LogP contribution in [-0.4, -0.2) is 40.0 Å². The first-order valence-corrected chi connectivity index (χ1v) is 11.2. The van der Waals surface area contributed by atoms with Crippen LogP contribution in [0.1, 0.15) is 45.2 Å². The number of hydrogen-bond donors (Lipinski definition) is 1. The second-order valence-corrected chi connectivity index (χ2v) is 8.72. The lowest BCUT2D eigenvalue weighted by Crippen LogP contribution is -2.41. The van der Waals surface area contributed by atoms with Crippen molar-refractivity contribution in [2.75, 3.05) is 6.54 Å². The topological polar surface area (TPSA) is 104 Å². The summed E-state index contributed by atoms with van der Waals surface area (Å²) in [5.74, 6) is -3.01. The zero-order valence-corrected chi connectivity index (χ0v) is 19.1. The molecule has 0 aromatic heterocycles. The molecule has 0 spiro atoms. The van der Waals surface area contributed by atoms with Gasteiger partial charge in [-0.05, 0) is 41.0 Å². The molecule has 1 N–H and O–H groups in total. The first-order chi connectivity index (χ1) is 16.7. The van der Waals surface area contributed by atoms with Gasteiger partial charge in [-0.15, -0.1) is 0 Å². The number of nitrogens with zero attached hydrogens (tertiary/aromatic N) is 2. The molecular formula is C26H20ClFN2O5. The predicted octanol–water partition coefficient (Wildman–Crippen LogP) is 5.68. The highest BCUT2D eigenvalue weighted by Crippen LogP contribution is 2.35. The van der Waals surface area contributed by atoms with Gasteiger partial charge in [-0.25, -0.2) is 9.18 Å². The molecule has 2 atom stereocenters. The Bertz CT molecular complexity index is 1260. The van der Waals surface area contributed by atoms with Crippen molar-refractivity contribution in [3.63, 3.8) is 0 Å². The standard InChI is InChI=1S/C26H20ClFN2O5/c27-19-11-9-17(10-12-19)16-5-7-18(8-6-16)22(29-35)15-26(28,25(33)34)13-14-30-23(31)20-3-1-2-4-21(20)24(30)32/h1-12,22H,13-15H2,(H,33,34). The second-order valence-electron chi connectivity index (χ2n) is 8.28. The van der Waals surface area contributed by atoms with Crippen LogP contribution in [0, 0.1) is 4.91 Å². The fourth-order valence-corrected chi connectivity index (χ4v) is 4.22. The van der Waals surface area contributed by atoms with Crippen molar-refractivity contribution in [3.8, 4) is 11.1 Å². The minimum atomic E-state index is -2.89. The minimum absolute atomic E-state index is 0.186. The Morgan fingerprint density at radius 2 is 1.46 bits per heavy atom. The quantitative estimate of drug-likeness (QED) is 0.304. The SMILES string of the molecule is O=NC(CC(F)(CCN1C(=O)c2ccccc2C1=O)C(=O)O)c1ccc(-c2ccc(Cl)cc2)cc1. The fourth-order valence-electron chi connectivity index (χ4n) is 4.09. The van der Waals surface area contributed by atoms with E-state index in [9.17, 15) is 24.4 Å². The van der Waals surface area contributed by atoms with Crippen molar-refractivity contribution in [2.24, 2.45) is 5.18 Å². The molecule has 1 heterocycles. The Morgan fingerprint density at radius 3 is 1.94 bits per heavy atom. The van der Waals surface area contributed by atoms with Gasteiger partial charge in [-0.2, -0.15) is 4.91 Å². The Hall–Kier alpha value is -3.91. The zero-order valence-electron chi connectivity index (χ0n) is 18.4. The number of amides is 2. The van der Waals surface area contributed by atoms with E-state index in [0.29, 0.717) is 10.6 Å². The van der Waals surface area contributed by atoms with Gasteiger partial charge in [-0.3, -0.25) is 14.5 Å². The lowest BCUT2D eigenvalue weighted by Gasteiger charge is -2.25. The highest BCUT2D eigenvalue weighted by Gasteiger charge is 2.44. The van der Waals surface area contributed by atoms with Crippen LogP contribution < -0.4 is 0 Å². The lowest BCUT2D eigenvalue weighted by molar-refractivity contribution is -0.152. The number of hydrogen-bond acceptors (Lipinski definition) is 5. The molecule has 2 amide bonds. The molecule has 1 aliphatic rings. The molecule has 3 aromatic rings. The maximum atomic E-state index is 15.6. The van der Waals surface area contributed by atoms with Gasteiger partial charge < -0.3 is 5.11 Å². The number of halogens is 2. The number of rotatable bonds is 9. The molecule has 0 fully saturated rings. The Kier molecular flexibility index (Phi) is 6.75. The van der Waals surface area contributed by atoms with Crippen LogP contribution in [0.3, 0.4) is 0 Å².